The number of carbonyl (C=O) groups excluding carboxylic acids is 1. The van der Waals surface area contributed by atoms with Crippen molar-refractivity contribution in [3.63, 3.8) is 0 Å². The van der Waals surface area contributed by atoms with Gasteiger partial charge in [-0.05, 0) is 56.0 Å². The van der Waals surface area contributed by atoms with Gasteiger partial charge < -0.3 is 14.0 Å². The predicted octanol–water partition coefficient (Wildman–Crippen LogP) is 5.73. The summed E-state index contributed by atoms with van der Waals surface area (Å²) in [5.74, 6) is 0.480. The highest BCUT2D eigenvalue weighted by Crippen LogP contribution is 2.33. The van der Waals surface area contributed by atoms with Crippen LogP contribution in [0.5, 0.6) is 5.75 Å². The molecule has 4 nitrogen and oxygen atoms in total. The summed E-state index contributed by atoms with van der Waals surface area (Å²) in [5.41, 5.74) is 4.19. The lowest BCUT2D eigenvalue weighted by atomic mass is 9.99. The molecule has 0 saturated heterocycles. The van der Waals surface area contributed by atoms with E-state index in [4.69, 9.17) is 9.47 Å². The molecule has 0 aliphatic carbocycles. The molecule has 152 valence electrons. The van der Waals surface area contributed by atoms with Crippen LogP contribution in [0.15, 0.2) is 60.8 Å². The normalized spacial score (nSPS) is 11.3. The monoisotopic (exact) mass is 391 g/mol. The third-order valence-corrected chi connectivity index (χ3v) is 4.70. The Morgan fingerprint density at radius 1 is 1.00 bits per heavy atom. The largest absolute Gasteiger partial charge is 0.497 e. The third kappa shape index (κ3) is 4.89. The molecule has 0 unspecified atom stereocenters. The summed E-state index contributed by atoms with van der Waals surface area (Å²) in [5, 5.41) is 0. The number of benzene rings is 2. The summed E-state index contributed by atoms with van der Waals surface area (Å²) in [6.07, 6.45) is 2.89. The topological polar surface area (TPSA) is 40.5 Å². The molecule has 3 aromatic rings. The van der Waals surface area contributed by atoms with Gasteiger partial charge in [0.25, 0.3) is 0 Å². The number of hydrogen-bond acceptors (Lipinski definition) is 3. The van der Waals surface area contributed by atoms with Gasteiger partial charge in [0, 0.05) is 18.3 Å². The first-order chi connectivity index (χ1) is 13.8. The molecular weight excluding hydrogens is 362 g/mol. The van der Waals surface area contributed by atoms with Crippen LogP contribution in [0.25, 0.3) is 11.1 Å². The molecule has 1 aromatic heterocycles. The van der Waals surface area contributed by atoms with Gasteiger partial charge in [-0.3, -0.25) is 0 Å². The SMILES string of the molecule is CCc1cn(Cc2ccccc2)c(C(=O)OC(C)(C)C)c1-c1ccc(OC)cc1. The molecule has 0 amide bonds. The molecule has 29 heavy (non-hydrogen) atoms. The van der Waals surface area contributed by atoms with Gasteiger partial charge in [-0.25, -0.2) is 4.79 Å². The van der Waals surface area contributed by atoms with Gasteiger partial charge in [0.15, 0.2) is 0 Å². The van der Waals surface area contributed by atoms with Crippen LogP contribution in [-0.4, -0.2) is 23.2 Å². The van der Waals surface area contributed by atoms with Crippen LogP contribution in [-0.2, 0) is 17.7 Å². The number of hydrogen-bond donors (Lipinski definition) is 0. The fourth-order valence-corrected chi connectivity index (χ4v) is 3.41. The van der Waals surface area contributed by atoms with Gasteiger partial charge in [0.1, 0.15) is 17.0 Å². The van der Waals surface area contributed by atoms with Crippen molar-refractivity contribution in [1.82, 2.24) is 4.57 Å². The fraction of sp³-hybridized carbons (Fsp3) is 0.320. The van der Waals surface area contributed by atoms with Crippen LogP contribution in [0.4, 0.5) is 0 Å². The number of rotatable bonds is 6. The zero-order valence-corrected chi connectivity index (χ0v) is 17.9. The maximum absolute atomic E-state index is 13.3. The Labute approximate surface area is 173 Å². The highest BCUT2D eigenvalue weighted by atomic mass is 16.6. The molecule has 0 bridgehead atoms. The quantitative estimate of drug-likeness (QED) is 0.504. The lowest BCUT2D eigenvalue weighted by Crippen LogP contribution is -2.26. The van der Waals surface area contributed by atoms with Crippen LogP contribution >= 0.6 is 0 Å². The van der Waals surface area contributed by atoms with E-state index in [1.54, 1.807) is 7.11 Å². The summed E-state index contributed by atoms with van der Waals surface area (Å²) < 4.78 is 13.1. The second-order valence-electron chi connectivity index (χ2n) is 8.08. The van der Waals surface area contributed by atoms with E-state index in [1.807, 2.05) is 67.8 Å². The number of methoxy groups -OCH3 is 1. The van der Waals surface area contributed by atoms with Crippen LogP contribution in [0.2, 0.25) is 0 Å². The minimum atomic E-state index is -0.567. The molecule has 0 aliphatic rings. The Morgan fingerprint density at radius 3 is 2.21 bits per heavy atom. The summed E-state index contributed by atoms with van der Waals surface area (Å²) in [7, 11) is 1.65. The summed E-state index contributed by atoms with van der Waals surface area (Å²) in [6.45, 7) is 8.39. The molecule has 0 aliphatic heterocycles. The number of aryl methyl sites for hydroxylation is 1. The molecule has 0 saturated carbocycles. The van der Waals surface area contributed by atoms with Crippen LogP contribution < -0.4 is 4.74 Å². The Kier molecular flexibility index (Phi) is 6.12. The van der Waals surface area contributed by atoms with E-state index in [-0.39, 0.29) is 5.97 Å². The molecular formula is C25H29NO3. The van der Waals surface area contributed by atoms with Gasteiger partial charge in [-0.15, -0.1) is 0 Å². The Hall–Kier alpha value is -3.01. The first kappa shape index (κ1) is 20.7. The molecule has 0 radical (unpaired) electrons. The average Bonchev–Trinajstić information content (AvgIpc) is 3.06. The van der Waals surface area contributed by atoms with Crippen molar-refractivity contribution in [2.75, 3.05) is 7.11 Å². The van der Waals surface area contributed by atoms with E-state index in [2.05, 4.69) is 25.3 Å². The lowest BCUT2D eigenvalue weighted by molar-refractivity contribution is 0.00592. The second-order valence-corrected chi connectivity index (χ2v) is 8.08. The van der Waals surface area contributed by atoms with Gasteiger partial charge in [-0.1, -0.05) is 49.4 Å². The molecule has 2 aromatic carbocycles. The summed E-state index contributed by atoms with van der Waals surface area (Å²) in [4.78, 5) is 13.3. The van der Waals surface area contributed by atoms with Gasteiger partial charge >= 0.3 is 5.97 Å². The molecule has 0 spiro atoms. The van der Waals surface area contributed by atoms with Gasteiger partial charge in [-0.2, -0.15) is 0 Å². The molecule has 4 heteroatoms. The van der Waals surface area contributed by atoms with Crippen LogP contribution in [0, 0.1) is 0 Å². The van der Waals surface area contributed by atoms with Crippen LogP contribution in [0.3, 0.4) is 0 Å². The standard InChI is InChI=1S/C25H29NO3/c1-6-19-17-26(16-18-10-8-7-9-11-18)23(24(27)29-25(2,3)4)22(19)20-12-14-21(28-5)15-13-20/h7-15,17H,6,16H2,1-5H3. The average molecular weight is 392 g/mol. The number of ether oxygens (including phenoxy) is 2. The second kappa shape index (κ2) is 8.56. The molecule has 3 rings (SSSR count). The highest BCUT2D eigenvalue weighted by Gasteiger charge is 2.27. The van der Waals surface area contributed by atoms with Gasteiger partial charge in [0.2, 0.25) is 0 Å². The Morgan fingerprint density at radius 2 is 1.66 bits per heavy atom. The van der Waals surface area contributed by atoms with Crippen molar-refractivity contribution >= 4 is 5.97 Å². The van der Waals surface area contributed by atoms with Crippen molar-refractivity contribution < 1.29 is 14.3 Å². The van der Waals surface area contributed by atoms with Crippen molar-refractivity contribution in [3.05, 3.63) is 77.6 Å². The summed E-state index contributed by atoms with van der Waals surface area (Å²) in [6, 6.07) is 18.0. The predicted molar refractivity (Wildman–Crippen MR) is 117 cm³/mol. The first-order valence-electron chi connectivity index (χ1n) is 9.96. The molecule has 0 N–H and O–H groups in total. The minimum absolute atomic E-state index is 0.307. The van der Waals surface area contributed by atoms with Crippen molar-refractivity contribution in [2.45, 2.75) is 46.3 Å². The van der Waals surface area contributed by atoms with Crippen molar-refractivity contribution in [2.24, 2.45) is 0 Å². The van der Waals surface area contributed by atoms with Crippen molar-refractivity contribution in [1.29, 1.82) is 0 Å². The van der Waals surface area contributed by atoms with E-state index in [9.17, 15) is 4.79 Å². The van der Waals surface area contributed by atoms with E-state index >= 15 is 0 Å². The van der Waals surface area contributed by atoms with E-state index in [1.165, 1.54) is 0 Å². The Bertz CT molecular complexity index is 964. The molecule has 1 heterocycles. The maximum atomic E-state index is 13.3. The van der Waals surface area contributed by atoms with Gasteiger partial charge in [0.05, 0.1) is 7.11 Å². The Balaban J connectivity index is 2.15. The number of aromatic nitrogens is 1. The highest BCUT2D eigenvalue weighted by molar-refractivity contribution is 5.97. The van der Waals surface area contributed by atoms with Crippen LogP contribution in [0.1, 0.15) is 49.3 Å². The molecule has 0 atom stereocenters. The number of esters is 1. The molecule has 0 fully saturated rings. The first-order valence-corrected chi connectivity index (χ1v) is 9.96. The zero-order valence-electron chi connectivity index (χ0n) is 17.9. The van der Waals surface area contributed by atoms with E-state index in [0.29, 0.717) is 12.2 Å². The third-order valence-electron chi connectivity index (χ3n) is 4.70. The van der Waals surface area contributed by atoms with E-state index < -0.39 is 5.60 Å². The number of carbonyl (C=O) groups is 1. The zero-order chi connectivity index (χ0) is 21.0. The smallest absolute Gasteiger partial charge is 0.356 e. The minimum Gasteiger partial charge on any atom is -0.497 e. The lowest BCUT2D eigenvalue weighted by Gasteiger charge is -2.21. The maximum Gasteiger partial charge on any atom is 0.356 e. The summed E-state index contributed by atoms with van der Waals surface area (Å²) >= 11 is 0. The fourth-order valence-electron chi connectivity index (χ4n) is 3.41. The van der Waals surface area contributed by atoms with Crippen molar-refractivity contribution in [3.8, 4) is 16.9 Å². The number of nitrogens with zero attached hydrogens (tertiary/aromatic N) is 1. The van der Waals surface area contributed by atoms with E-state index in [0.717, 1.165) is 34.4 Å².